The summed E-state index contributed by atoms with van der Waals surface area (Å²) in [4.78, 5) is 12.4. The summed E-state index contributed by atoms with van der Waals surface area (Å²) < 4.78 is 0.766. The van der Waals surface area contributed by atoms with Gasteiger partial charge in [0, 0.05) is 13.6 Å². The molecule has 1 aromatic heterocycles. The van der Waals surface area contributed by atoms with E-state index in [0.29, 0.717) is 5.82 Å². The van der Waals surface area contributed by atoms with Crippen molar-refractivity contribution < 1.29 is 0 Å². The first kappa shape index (κ1) is 13.2. The molecule has 0 bridgehead atoms. The maximum Gasteiger partial charge on any atom is 0.148 e. The van der Waals surface area contributed by atoms with E-state index >= 15 is 0 Å². The maximum absolute atomic E-state index is 5.70. The molecule has 1 aromatic rings. The van der Waals surface area contributed by atoms with Crippen LogP contribution in [0.5, 0.6) is 0 Å². The molecular weight excluding hydrogens is 270 g/mol. The van der Waals surface area contributed by atoms with Crippen LogP contribution in [-0.4, -0.2) is 49.1 Å². The first-order valence-electron chi connectivity index (χ1n) is 5.14. The van der Waals surface area contributed by atoms with Crippen LogP contribution in [0.15, 0.2) is 10.8 Å². The highest BCUT2D eigenvalue weighted by atomic mass is 79.9. The van der Waals surface area contributed by atoms with Crippen LogP contribution in [0.2, 0.25) is 0 Å². The summed E-state index contributed by atoms with van der Waals surface area (Å²) in [5, 5.41) is 0. The molecule has 5 nitrogen and oxygen atoms in total. The summed E-state index contributed by atoms with van der Waals surface area (Å²) in [5.41, 5.74) is 5.70. The number of nitrogens with two attached hydrogens (primary N) is 1. The van der Waals surface area contributed by atoms with Gasteiger partial charge in [-0.2, -0.15) is 0 Å². The van der Waals surface area contributed by atoms with E-state index < -0.39 is 0 Å². The third-order valence-electron chi connectivity index (χ3n) is 2.26. The molecule has 16 heavy (non-hydrogen) atoms. The zero-order chi connectivity index (χ0) is 12.1. The van der Waals surface area contributed by atoms with Crippen LogP contribution >= 0.6 is 15.9 Å². The Labute approximate surface area is 105 Å². The second kappa shape index (κ2) is 6.00. The van der Waals surface area contributed by atoms with Gasteiger partial charge in [0.15, 0.2) is 0 Å². The van der Waals surface area contributed by atoms with Crippen molar-refractivity contribution in [3.63, 3.8) is 0 Å². The summed E-state index contributed by atoms with van der Waals surface area (Å²) in [5.74, 6) is 1.32. The number of rotatable bonds is 5. The van der Waals surface area contributed by atoms with Gasteiger partial charge in [-0.25, -0.2) is 9.97 Å². The van der Waals surface area contributed by atoms with Crippen molar-refractivity contribution in [3.8, 4) is 0 Å². The fourth-order valence-corrected chi connectivity index (χ4v) is 1.88. The minimum Gasteiger partial charge on any atom is -0.383 e. The standard InChI is InChI=1S/C10H18BrN5/c1-15(2)5-4-6-16(3)10-8(11)9(12)13-7-14-10/h7H,4-6H2,1-3H3,(H2,12,13,14). The number of anilines is 2. The number of hydrogen-bond donors (Lipinski definition) is 1. The summed E-state index contributed by atoms with van der Waals surface area (Å²) in [6, 6.07) is 0. The predicted molar refractivity (Wildman–Crippen MR) is 70.6 cm³/mol. The molecule has 1 rings (SSSR count). The van der Waals surface area contributed by atoms with Crippen molar-refractivity contribution in [1.29, 1.82) is 0 Å². The van der Waals surface area contributed by atoms with Gasteiger partial charge in [-0.15, -0.1) is 0 Å². The van der Waals surface area contributed by atoms with E-state index in [4.69, 9.17) is 5.73 Å². The van der Waals surface area contributed by atoms with E-state index in [-0.39, 0.29) is 0 Å². The molecule has 1 heterocycles. The smallest absolute Gasteiger partial charge is 0.148 e. The largest absolute Gasteiger partial charge is 0.383 e. The first-order valence-corrected chi connectivity index (χ1v) is 5.93. The van der Waals surface area contributed by atoms with E-state index in [2.05, 4.69) is 49.8 Å². The Kier molecular flexibility index (Phi) is 4.95. The molecule has 0 unspecified atom stereocenters. The lowest BCUT2D eigenvalue weighted by molar-refractivity contribution is 0.401. The van der Waals surface area contributed by atoms with E-state index in [9.17, 15) is 0 Å². The van der Waals surface area contributed by atoms with Crippen molar-refractivity contribution in [3.05, 3.63) is 10.8 Å². The molecule has 90 valence electrons. The molecule has 0 atom stereocenters. The first-order chi connectivity index (χ1) is 7.52. The second-order valence-electron chi connectivity index (χ2n) is 3.97. The van der Waals surface area contributed by atoms with Crippen molar-refractivity contribution >= 4 is 27.6 Å². The third kappa shape index (κ3) is 3.61. The van der Waals surface area contributed by atoms with Gasteiger partial charge in [0.25, 0.3) is 0 Å². The zero-order valence-corrected chi connectivity index (χ0v) is 11.5. The fourth-order valence-electron chi connectivity index (χ4n) is 1.37. The monoisotopic (exact) mass is 287 g/mol. The summed E-state index contributed by atoms with van der Waals surface area (Å²) >= 11 is 3.40. The number of hydrogen-bond acceptors (Lipinski definition) is 5. The average Bonchev–Trinajstić information content (AvgIpc) is 2.21. The molecule has 0 aliphatic carbocycles. The molecule has 0 aliphatic heterocycles. The quantitative estimate of drug-likeness (QED) is 0.882. The topological polar surface area (TPSA) is 58.3 Å². The average molecular weight is 288 g/mol. The van der Waals surface area contributed by atoms with Crippen molar-refractivity contribution in [2.24, 2.45) is 0 Å². The Bertz CT molecular complexity index is 342. The van der Waals surface area contributed by atoms with Gasteiger partial charge < -0.3 is 15.5 Å². The molecule has 2 N–H and O–H groups in total. The highest BCUT2D eigenvalue weighted by molar-refractivity contribution is 9.10. The van der Waals surface area contributed by atoms with Gasteiger partial charge >= 0.3 is 0 Å². The van der Waals surface area contributed by atoms with E-state index in [1.807, 2.05) is 7.05 Å². The van der Waals surface area contributed by atoms with Gasteiger partial charge in [-0.3, -0.25) is 0 Å². The number of nitrogens with zero attached hydrogens (tertiary/aromatic N) is 4. The van der Waals surface area contributed by atoms with Crippen LogP contribution in [0.4, 0.5) is 11.6 Å². The van der Waals surface area contributed by atoms with Crippen LogP contribution in [0.25, 0.3) is 0 Å². The zero-order valence-electron chi connectivity index (χ0n) is 9.94. The molecule has 0 radical (unpaired) electrons. The van der Waals surface area contributed by atoms with Crippen molar-refractivity contribution in [2.75, 3.05) is 44.9 Å². The lowest BCUT2D eigenvalue weighted by Crippen LogP contribution is -2.24. The number of halogens is 1. The Morgan fingerprint density at radius 1 is 1.25 bits per heavy atom. The summed E-state index contributed by atoms with van der Waals surface area (Å²) in [7, 11) is 6.14. The number of aromatic nitrogens is 2. The highest BCUT2D eigenvalue weighted by Gasteiger charge is 2.10. The highest BCUT2D eigenvalue weighted by Crippen LogP contribution is 2.26. The Balaban J connectivity index is 2.59. The lowest BCUT2D eigenvalue weighted by Gasteiger charge is -2.20. The van der Waals surface area contributed by atoms with Crippen molar-refractivity contribution in [1.82, 2.24) is 14.9 Å². The molecule has 0 fully saturated rings. The molecule has 0 spiro atoms. The lowest BCUT2D eigenvalue weighted by atomic mass is 10.3. The van der Waals surface area contributed by atoms with Crippen LogP contribution in [0.3, 0.4) is 0 Å². The normalized spacial score (nSPS) is 10.8. The van der Waals surface area contributed by atoms with Gasteiger partial charge in [-0.1, -0.05) is 0 Å². The molecule has 6 heteroatoms. The van der Waals surface area contributed by atoms with Crippen LogP contribution in [0.1, 0.15) is 6.42 Å². The second-order valence-corrected chi connectivity index (χ2v) is 4.77. The Hall–Kier alpha value is -0.880. The van der Waals surface area contributed by atoms with Gasteiger partial charge in [0.05, 0.1) is 0 Å². The van der Waals surface area contributed by atoms with Gasteiger partial charge in [0.1, 0.15) is 22.4 Å². The molecular formula is C10H18BrN5. The van der Waals surface area contributed by atoms with Crippen molar-refractivity contribution in [2.45, 2.75) is 6.42 Å². The molecule has 0 aliphatic rings. The van der Waals surface area contributed by atoms with E-state index in [0.717, 1.165) is 29.8 Å². The Morgan fingerprint density at radius 3 is 2.56 bits per heavy atom. The summed E-state index contributed by atoms with van der Waals surface area (Å²) in [6.07, 6.45) is 2.57. The maximum atomic E-state index is 5.70. The number of nitrogen functional groups attached to an aromatic ring is 1. The minimum absolute atomic E-state index is 0.476. The van der Waals surface area contributed by atoms with Gasteiger partial charge in [0.2, 0.25) is 0 Å². The Morgan fingerprint density at radius 2 is 1.94 bits per heavy atom. The molecule has 0 saturated heterocycles. The fraction of sp³-hybridized carbons (Fsp3) is 0.600. The molecule has 0 amide bonds. The van der Waals surface area contributed by atoms with Crippen LogP contribution < -0.4 is 10.6 Å². The molecule has 0 aromatic carbocycles. The van der Waals surface area contributed by atoms with Gasteiger partial charge in [-0.05, 0) is 43.0 Å². The third-order valence-corrected chi connectivity index (χ3v) is 3.02. The van der Waals surface area contributed by atoms with Crippen LogP contribution in [-0.2, 0) is 0 Å². The van der Waals surface area contributed by atoms with E-state index in [1.165, 1.54) is 6.33 Å². The minimum atomic E-state index is 0.476. The predicted octanol–water partition coefficient (Wildman–Crippen LogP) is 1.21. The molecule has 0 saturated carbocycles. The van der Waals surface area contributed by atoms with E-state index in [1.54, 1.807) is 0 Å². The van der Waals surface area contributed by atoms with Crippen LogP contribution in [0, 0.1) is 0 Å². The SMILES string of the molecule is CN(C)CCCN(C)c1ncnc(N)c1Br. The summed E-state index contributed by atoms with van der Waals surface area (Å²) in [6.45, 7) is 2.00.